The zero-order chi connectivity index (χ0) is 18.1. The van der Waals surface area contributed by atoms with Crippen LogP contribution in [0.3, 0.4) is 0 Å². The Balaban J connectivity index is 1.85. The highest BCUT2D eigenvalue weighted by Crippen LogP contribution is 2.16. The smallest absolute Gasteiger partial charge is 0.309 e. The van der Waals surface area contributed by atoms with Gasteiger partial charge in [0.1, 0.15) is 11.6 Å². The van der Waals surface area contributed by atoms with Crippen molar-refractivity contribution in [3.05, 3.63) is 59.3 Å². The molecule has 0 spiro atoms. The summed E-state index contributed by atoms with van der Waals surface area (Å²) in [4.78, 5) is 15.7. The van der Waals surface area contributed by atoms with Gasteiger partial charge in [-0.1, -0.05) is 29.8 Å². The van der Waals surface area contributed by atoms with Gasteiger partial charge in [-0.15, -0.1) is 0 Å². The Bertz CT molecular complexity index is 724. The second-order valence-corrected chi connectivity index (χ2v) is 5.68. The summed E-state index contributed by atoms with van der Waals surface area (Å²) >= 11 is 0. The zero-order valence-electron chi connectivity index (χ0n) is 14.9. The Morgan fingerprint density at radius 1 is 1.20 bits per heavy atom. The van der Waals surface area contributed by atoms with Crippen molar-refractivity contribution in [2.75, 3.05) is 26.1 Å². The number of carbonyl (C=O) groups excluding carboxylic acids is 1. The standard InChI is InChI=1S/C20H24N2O3/c1-15(14-20(23)24-3)13-16-7-9-18(10-8-16)25-12-11-17-5-4-6-19(21-2)22-17/h4-10,13H,11-12,14H2,1-3H3,(H,21,22). The largest absolute Gasteiger partial charge is 0.493 e. The molecule has 0 radical (unpaired) electrons. The maximum atomic E-state index is 11.2. The summed E-state index contributed by atoms with van der Waals surface area (Å²) in [6.45, 7) is 2.48. The normalized spacial score (nSPS) is 11.1. The molecule has 1 heterocycles. The van der Waals surface area contributed by atoms with Crippen molar-refractivity contribution < 1.29 is 14.3 Å². The minimum Gasteiger partial charge on any atom is -0.493 e. The first-order valence-electron chi connectivity index (χ1n) is 8.21. The number of rotatable bonds is 8. The first-order valence-corrected chi connectivity index (χ1v) is 8.21. The molecule has 1 aromatic carbocycles. The molecule has 2 aromatic rings. The van der Waals surface area contributed by atoms with Gasteiger partial charge in [-0.2, -0.15) is 0 Å². The van der Waals surface area contributed by atoms with Crippen LogP contribution in [0.25, 0.3) is 6.08 Å². The fraction of sp³-hybridized carbons (Fsp3) is 0.300. The van der Waals surface area contributed by atoms with Crippen molar-refractivity contribution in [3.63, 3.8) is 0 Å². The van der Waals surface area contributed by atoms with Gasteiger partial charge in [0, 0.05) is 19.2 Å². The van der Waals surface area contributed by atoms with Gasteiger partial charge < -0.3 is 14.8 Å². The topological polar surface area (TPSA) is 60.5 Å². The molecule has 0 aliphatic rings. The van der Waals surface area contributed by atoms with Gasteiger partial charge in [0.2, 0.25) is 0 Å². The molecule has 0 aliphatic carbocycles. The van der Waals surface area contributed by atoms with Crippen LogP contribution in [0, 0.1) is 0 Å². The molecule has 0 bridgehead atoms. The molecule has 5 heteroatoms. The van der Waals surface area contributed by atoms with E-state index in [0.29, 0.717) is 13.0 Å². The first kappa shape index (κ1) is 18.5. The molecule has 0 unspecified atom stereocenters. The number of nitrogens with zero attached hydrogens (tertiary/aromatic N) is 1. The van der Waals surface area contributed by atoms with Gasteiger partial charge >= 0.3 is 5.97 Å². The number of hydrogen-bond acceptors (Lipinski definition) is 5. The van der Waals surface area contributed by atoms with E-state index in [0.717, 1.165) is 34.8 Å². The number of nitrogens with one attached hydrogen (secondary N) is 1. The van der Waals surface area contributed by atoms with E-state index in [1.807, 2.05) is 62.5 Å². The fourth-order valence-corrected chi connectivity index (χ4v) is 2.33. The molecular formula is C20H24N2O3. The van der Waals surface area contributed by atoms with E-state index in [-0.39, 0.29) is 5.97 Å². The van der Waals surface area contributed by atoms with Crippen LogP contribution in [0.4, 0.5) is 5.82 Å². The summed E-state index contributed by atoms with van der Waals surface area (Å²) in [5, 5.41) is 3.03. The number of esters is 1. The Hall–Kier alpha value is -2.82. The summed E-state index contributed by atoms with van der Waals surface area (Å²) < 4.78 is 10.4. The average Bonchev–Trinajstić information content (AvgIpc) is 2.63. The molecule has 2 rings (SSSR count). The maximum absolute atomic E-state index is 11.2. The second kappa shape index (κ2) is 9.47. The second-order valence-electron chi connectivity index (χ2n) is 5.68. The van der Waals surface area contributed by atoms with Crippen LogP contribution in [0.15, 0.2) is 48.0 Å². The van der Waals surface area contributed by atoms with Gasteiger partial charge in [0.25, 0.3) is 0 Å². The molecule has 132 valence electrons. The number of methoxy groups -OCH3 is 1. The van der Waals surface area contributed by atoms with Gasteiger partial charge in [0.05, 0.1) is 20.1 Å². The molecule has 25 heavy (non-hydrogen) atoms. The average molecular weight is 340 g/mol. The van der Waals surface area contributed by atoms with E-state index in [1.165, 1.54) is 7.11 Å². The molecule has 0 saturated carbocycles. The lowest BCUT2D eigenvalue weighted by Gasteiger charge is -2.07. The summed E-state index contributed by atoms with van der Waals surface area (Å²) in [5.74, 6) is 1.44. The number of anilines is 1. The molecular weight excluding hydrogens is 316 g/mol. The predicted octanol–water partition coefficient (Wildman–Crippen LogP) is 3.71. The van der Waals surface area contributed by atoms with Gasteiger partial charge in [-0.05, 0) is 36.8 Å². The highest BCUT2D eigenvalue weighted by Gasteiger charge is 2.02. The summed E-state index contributed by atoms with van der Waals surface area (Å²) in [7, 11) is 3.25. The molecule has 1 aromatic heterocycles. The van der Waals surface area contributed by atoms with Crippen LogP contribution in [0.5, 0.6) is 5.75 Å². The third-order valence-corrected chi connectivity index (χ3v) is 3.63. The SMILES string of the molecule is CNc1cccc(CCOc2ccc(C=C(C)CC(=O)OC)cc2)n1. The van der Waals surface area contributed by atoms with Crippen LogP contribution >= 0.6 is 0 Å². The van der Waals surface area contributed by atoms with Crippen molar-refractivity contribution >= 4 is 17.9 Å². The first-order chi connectivity index (χ1) is 12.1. The number of ether oxygens (including phenoxy) is 2. The van der Waals surface area contributed by atoms with E-state index >= 15 is 0 Å². The van der Waals surface area contributed by atoms with Gasteiger partial charge in [0.15, 0.2) is 0 Å². The van der Waals surface area contributed by atoms with Crippen LogP contribution in [0.2, 0.25) is 0 Å². The zero-order valence-corrected chi connectivity index (χ0v) is 14.9. The lowest BCUT2D eigenvalue weighted by atomic mass is 10.1. The molecule has 0 atom stereocenters. The van der Waals surface area contributed by atoms with Crippen LogP contribution in [0.1, 0.15) is 24.6 Å². The molecule has 1 N–H and O–H groups in total. The number of aromatic nitrogens is 1. The van der Waals surface area contributed by atoms with Crippen molar-refractivity contribution in [2.24, 2.45) is 0 Å². The van der Waals surface area contributed by atoms with Gasteiger partial charge in [-0.25, -0.2) is 4.98 Å². The van der Waals surface area contributed by atoms with Crippen molar-refractivity contribution in [3.8, 4) is 5.75 Å². The molecule has 0 amide bonds. The number of carbonyl (C=O) groups is 1. The van der Waals surface area contributed by atoms with Crippen LogP contribution in [-0.2, 0) is 16.0 Å². The minimum absolute atomic E-state index is 0.232. The Kier molecular flexibility index (Phi) is 7.01. The Morgan fingerprint density at radius 2 is 1.96 bits per heavy atom. The molecule has 0 fully saturated rings. The fourth-order valence-electron chi connectivity index (χ4n) is 2.33. The Labute approximate surface area is 148 Å². The lowest BCUT2D eigenvalue weighted by molar-refractivity contribution is -0.139. The predicted molar refractivity (Wildman–Crippen MR) is 99.7 cm³/mol. The Morgan fingerprint density at radius 3 is 2.64 bits per heavy atom. The quantitative estimate of drug-likeness (QED) is 0.742. The number of hydrogen-bond donors (Lipinski definition) is 1. The molecule has 0 aliphatic heterocycles. The van der Waals surface area contributed by atoms with E-state index in [2.05, 4.69) is 15.0 Å². The summed E-state index contributed by atoms with van der Waals surface area (Å²) in [6, 6.07) is 13.7. The van der Waals surface area contributed by atoms with Gasteiger partial charge in [-0.3, -0.25) is 4.79 Å². The third kappa shape index (κ3) is 6.30. The highest BCUT2D eigenvalue weighted by atomic mass is 16.5. The summed E-state index contributed by atoms with van der Waals surface area (Å²) in [5.41, 5.74) is 2.97. The summed E-state index contributed by atoms with van der Waals surface area (Å²) in [6.07, 6.45) is 3.01. The van der Waals surface area contributed by atoms with E-state index in [4.69, 9.17) is 4.74 Å². The van der Waals surface area contributed by atoms with Crippen molar-refractivity contribution in [1.29, 1.82) is 0 Å². The van der Waals surface area contributed by atoms with Crippen LogP contribution < -0.4 is 10.1 Å². The van der Waals surface area contributed by atoms with Crippen LogP contribution in [-0.4, -0.2) is 31.7 Å². The number of benzene rings is 1. The third-order valence-electron chi connectivity index (χ3n) is 3.63. The molecule has 5 nitrogen and oxygen atoms in total. The van der Waals surface area contributed by atoms with Crippen molar-refractivity contribution in [1.82, 2.24) is 4.98 Å². The number of pyridine rings is 1. The monoisotopic (exact) mass is 340 g/mol. The lowest BCUT2D eigenvalue weighted by Crippen LogP contribution is -2.04. The van der Waals surface area contributed by atoms with E-state index < -0.39 is 0 Å². The van der Waals surface area contributed by atoms with E-state index in [1.54, 1.807) is 0 Å². The molecule has 0 saturated heterocycles. The van der Waals surface area contributed by atoms with E-state index in [9.17, 15) is 4.79 Å². The minimum atomic E-state index is -0.232. The maximum Gasteiger partial charge on any atom is 0.309 e. The van der Waals surface area contributed by atoms with Crippen molar-refractivity contribution in [2.45, 2.75) is 19.8 Å². The highest BCUT2D eigenvalue weighted by molar-refractivity contribution is 5.74.